The number of rotatable bonds is 8. The molecule has 0 aromatic heterocycles. The minimum absolute atomic E-state index is 0.216. The third kappa shape index (κ3) is 6.89. The van der Waals surface area contributed by atoms with Crippen LogP contribution < -0.4 is 4.90 Å². The van der Waals surface area contributed by atoms with Crippen molar-refractivity contribution in [2.24, 2.45) is 11.8 Å². The predicted octanol–water partition coefficient (Wildman–Crippen LogP) is 17.7. The Morgan fingerprint density at radius 3 is 2.23 bits per heavy atom. The number of fused-ring (bicyclic) bond motifs is 10. The van der Waals surface area contributed by atoms with E-state index in [-0.39, 0.29) is 11.5 Å². The van der Waals surface area contributed by atoms with E-state index in [1.807, 2.05) is 11.8 Å². The number of thioether (sulfide) groups is 2. The van der Waals surface area contributed by atoms with Crippen LogP contribution in [0.25, 0.3) is 16.7 Å². The Morgan fingerprint density at radius 2 is 1.46 bits per heavy atom. The summed E-state index contributed by atoms with van der Waals surface area (Å²) in [6.07, 6.45) is 56.8. The molecule has 2 heterocycles. The maximum atomic E-state index is 2.64. The van der Waals surface area contributed by atoms with Gasteiger partial charge in [-0.1, -0.05) is 199 Å². The summed E-state index contributed by atoms with van der Waals surface area (Å²) >= 11 is 4.18. The van der Waals surface area contributed by atoms with Crippen LogP contribution in [0.2, 0.25) is 0 Å². The van der Waals surface area contributed by atoms with E-state index in [9.17, 15) is 0 Å². The van der Waals surface area contributed by atoms with Crippen LogP contribution in [0.15, 0.2) is 243 Å². The van der Waals surface area contributed by atoms with Crippen molar-refractivity contribution in [3.63, 3.8) is 0 Å². The molecule has 70 heavy (non-hydrogen) atoms. The fourth-order valence-corrected chi connectivity index (χ4v) is 17.1. The summed E-state index contributed by atoms with van der Waals surface area (Å²) in [5.74, 6) is 1.74. The van der Waals surface area contributed by atoms with E-state index in [0.717, 1.165) is 51.4 Å². The molecule has 0 saturated carbocycles. The van der Waals surface area contributed by atoms with Gasteiger partial charge in [0.25, 0.3) is 0 Å². The highest BCUT2D eigenvalue weighted by atomic mass is 32.2. The molecule has 10 aliphatic rings. The summed E-state index contributed by atoms with van der Waals surface area (Å²) in [6, 6.07) is 33.6. The second kappa shape index (κ2) is 17.7. The van der Waals surface area contributed by atoms with Gasteiger partial charge in [0.15, 0.2) is 0 Å². The molecule has 2 aliphatic heterocycles. The van der Waals surface area contributed by atoms with Gasteiger partial charge in [-0.3, -0.25) is 0 Å². The van der Waals surface area contributed by atoms with E-state index < -0.39 is 0 Å². The molecular formula is C67H59NS2. The van der Waals surface area contributed by atoms with Crippen molar-refractivity contribution in [2.75, 3.05) is 4.90 Å². The number of anilines is 1. The molecule has 0 bridgehead atoms. The van der Waals surface area contributed by atoms with E-state index in [2.05, 4.69) is 217 Å². The average Bonchev–Trinajstić information content (AvgIpc) is 4.11. The summed E-state index contributed by atoms with van der Waals surface area (Å²) in [6.45, 7) is 0. The van der Waals surface area contributed by atoms with E-state index in [0.29, 0.717) is 28.9 Å². The molecule has 6 atom stereocenters. The van der Waals surface area contributed by atoms with Gasteiger partial charge in [0.05, 0.1) is 11.5 Å². The van der Waals surface area contributed by atoms with Gasteiger partial charge in [-0.2, -0.15) is 0 Å². The van der Waals surface area contributed by atoms with E-state index >= 15 is 0 Å². The molecule has 344 valence electrons. The van der Waals surface area contributed by atoms with Gasteiger partial charge in [0.1, 0.15) is 0 Å². The van der Waals surface area contributed by atoms with Crippen LogP contribution in [-0.4, -0.2) is 11.3 Å². The highest BCUT2D eigenvalue weighted by Gasteiger charge is 2.51. The Morgan fingerprint density at radius 1 is 0.614 bits per heavy atom. The average molecular weight is 942 g/mol. The Kier molecular flexibility index (Phi) is 10.8. The number of hydrogen-bond donors (Lipinski definition) is 0. The van der Waals surface area contributed by atoms with Crippen LogP contribution in [0.3, 0.4) is 0 Å². The maximum absolute atomic E-state index is 2.64. The van der Waals surface area contributed by atoms with E-state index in [1.165, 1.54) is 78.5 Å². The number of allylic oxidation sites excluding steroid dienone is 22. The molecule has 1 nitrogen and oxygen atoms in total. The zero-order valence-corrected chi connectivity index (χ0v) is 41.5. The van der Waals surface area contributed by atoms with Gasteiger partial charge in [0, 0.05) is 60.6 Å². The van der Waals surface area contributed by atoms with E-state index in [4.69, 9.17) is 0 Å². The second-order valence-corrected chi connectivity index (χ2v) is 23.1. The topological polar surface area (TPSA) is 3.24 Å². The molecule has 14 rings (SSSR count). The van der Waals surface area contributed by atoms with Crippen LogP contribution in [0.1, 0.15) is 104 Å². The van der Waals surface area contributed by atoms with Gasteiger partial charge in [0.2, 0.25) is 0 Å². The lowest BCUT2D eigenvalue weighted by Gasteiger charge is -2.39. The lowest BCUT2D eigenvalue weighted by Crippen LogP contribution is -2.34. The number of benzene rings is 4. The number of hydrogen-bond acceptors (Lipinski definition) is 3. The minimum Gasteiger partial charge on any atom is -0.335 e. The van der Waals surface area contributed by atoms with E-state index in [1.54, 1.807) is 27.2 Å². The Bertz CT molecular complexity index is 3220. The molecule has 0 fully saturated rings. The van der Waals surface area contributed by atoms with Crippen molar-refractivity contribution >= 4 is 34.8 Å². The van der Waals surface area contributed by atoms with Crippen LogP contribution in [0.4, 0.5) is 5.69 Å². The Balaban J connectivity index is 0.773. The van der Waals surface area contributed by atoms with Crippen molar-refractivity contribution in [2.45, 2.75) is 103 Å². The monoisotopic (exact) mass is 941 g/mol. The molecule has 0 radical (unpaired) electrons. The van der Waals surface area contributed by atoms with Crippen LogP contribution >= 0.6 is 23.5 Å². The molecule has 0 amide bonds. The molecule has 3 heteroatoms. The minimum atomic E-state index is -0.216. The van der Waals surface area contributed by atoms with Crippen molar-refractivity contribution in [1.82, 2.24) is 0 Å². The molecule has 6 unspecified atom stereocenters. The standard InChI is InChI=1S/C67H59NS2/c1-4-16-44(17-5-1)45-30-36-50(37-31-45)68(51-38-32-46(33-39-51)53-24-14-26-56-55-22-11-13-29-62(55)69-64(53)56)52-40-34-47(35-41-52)54-25-15-27-57-58-42-43-61-63(66(58)70-65(54)57)59-23-10-12-28-60(59)67(61,48-18-6-2-7-19-48)49-20-8-3-9-21-49/h1-6,8,10-13,15-16,18,20,22-23,25,27-34,36,38-44,47,50,56-57,65H,7,9,14,17,19,21,24,26,35,37H2. The number of nitrogens with zero attached hydrogens (tertiary/aromatic N) is 1. The van der Waals surface area contributed by atoms with Gasteiger partial charge in [-0.05, 0) is 139 Å². The first-order chi connectivity index (χ1) is 34.7. The summed E-state index contributed by atoms with van der Waals surface area (Å²) in [4.78, 5) is 7.19. The van der Waals surface area contributed by atoms with Gasteiger partial charge >= 0.3 is 0 Å². The first kappa shape index (κ1) is 42.8. The normalized spacial score (nSPS) is 27.1. The molecular weight excluding hydrogens is 883 g/mol. The Labute approximate surface area is 423 Å². The second-order valence-electron chi connectivity index (χ2n) is 20.8. The molecule has 4 aromatic carbocycles. The van der Waals surface area contributed by atoms with Crippen molar-refractivity contribution in [1.29, 1.82) is 0 Å². The summed E-state index contributed by atoms with van der Waals surface area (Å²) in [5.41, 5.74) is 20.4. The SMILES string of the molecule is C1=CCCC(C2(C3=CC=CCC3)c3ccccc3-c3c2ccc2c3SC3C(C4C=CC(N(c5ccc(C6=C7Sc8ccccc8C7CCC6)cc5)C5C=CC(C6C=CC=CC6)=CC5)=CC4)=CC=CC23)=C1. The molecule has 4 aromatic rings. The van der Waals surface area contributed by atoms with Crippen LogP contribution in [0, 0.1) is 11.8 Å². The fraction of sp³-hybridized carbons (Fsp3) is 0.254. The van der Waals surface area contributed by atoms with Crippen molar-refractivity contribution in [3.8, 4) is 11.1 Å². The molecule has 8 aliphatic carbocycles. The van der Waals surface area contributed by atoms with Gasteiger partial charge in [-0.25, -0.2) is 0 Å². The first-order valence-corrected chi connectivity index (χ1v) is 28.0. The largest absolute Gasteiger partial charge is 0.335 e. The zero-order chi connectivity index (χ0) is 46.2. The van der Waals surface area contributed by atoms with Crippen LogP contribution in [-0.2, 0) is 5.41 Å². The predicted molar refractivity (Wildman–Crippen MR) is 297 cm³/mol. The van der Waals surface area contributed by atoms with Crippen molar-refractivity contribution < 1.29 is 0 Å². The third-order valence-electron chi connectivity index (χ3n) is 17.2. The van der Waals surface area contributed by atoms with Crippen LogP contribution in [0.5, 0.6) is 0 Å². The zero-order valence-electron chi connectivity index (χ0n) is 39.9. The summed E-state index contributed by atoms with van der Waals surface area (Å²) in [7, 11) is 0. The van der Waals surface area contributed by atoms with Gasteiger partial charge in [-0.15, -0.1) is 11.8 Å². The fourth-order valence-electron chi connectivity index (χ4n) is 14.0. The Hall–Kier alpha value is -6.00. The molecule has 0 N–H and O–H groups in total. The lowest BCUT2D eigenvalue weighted by molar-refractivity contribution is 0.641. The summed E-state index contributed by atoms with van der Waals surface area (Å²) < 4.78 is 0. The quantitative estimate of drug-likeness (QED) is 0.173. The van der Waals surface area contributed by atoms with Gasteiger partial charge < -0.3 is 4.90 Å². The lowest BCUT2D eigenvalue weighted by atomic mass is 9.63. The first-order valence-electron chi connectivity index (χ1n) is 26.3. The van der Waals surface area contributed by atoms with Crippen molar-refractivity contribution in [3.05, 3.63) is 261 Å². The third-order valence-corrected chi connectivity index (χ3v) is 20.1. The highest BCUT2D eigenvalue weighted by molar-refractivity contribution is 8.03. The highest BCUT2D eigenvalue weighted by Crippen LogP contribution is 2.65. The maximum Gasteiger partial charge on any atom is 0.0640 e. The summed E-state index contributed by atoms with van der Waals surface area (Å²) in [5, 5.41) is 0.379. The smallest absolute Gasteiger partial charge is 0.0640 e. The molecule has 0 saturated heterocycles. The molecule has 0 spiro atoms.